The molecule has 2 aromatic heterocycles. The van der Waals surface area contributed by atoms with E-state index in [1.54, 1.807) is 0 Å². The smallest absolute Gasteiger partial charge is 0.254 e. The maximum absolute atomic E-state index is 13.2. The van der Waals surface area contributed by atoms with Gasteiger partial charge in [0.1, 0.15) is 0 Å². The van der Waals surface area contributed by atoms with Gasteiger partial charge in [0, 0.05) is 36.8 Å². The van der Waals surface area contributed by atoms with Gasteiger partial charge in [0.2, 0.25) is 0 Å². The molecule has 5 nitrogen and oxygen atoms in total. The van der Waals surface area contributed by atoms with Crippen molar-refractivity contribution >= 4 is 16.8 Å². The van der Waals surface area contributed by atoms with Crippen molar-refractivity contribution in [2.24, 2.45) is 0 Å². The Morgan fingerprint density at radius 2 is 2.04 bits per heavy atom. The lowest BCUT2D eigenvalue weighted by molar-refractivity contribution is 0.0794. The third kappa shape index (κ3) is 3.46. The van der Waals surface area contributed by atoms with Crippen molar-refractivity contribution in [1.29, 1.82) is 0 Å². The minimum absolute atomic E-state index is 0.116. The molecule has 1 saturated heterocycles. The molecule has 3 aromatic rings. The van der Waals surface area contributed by atoms with Gasteiger partial charge in [0.05, 0.1) is 23.0 Å². The fourth-order valence-corrected chi connectivity index (χ4v) is 3.75. The first-order valence-electron chi connectivity index (χ1n) is 9.90. The predicted octanol–water partition coefficient (Wildman–Crippen LogP) is 4.44. The molecule has 0 spiro atoms. The van der Waals surface area contributed by atoms with Crippen LogP contribution in [0.15, 0.2) is 36.7 Å². The second-order valence-corrected chi connectivity index (χ2v) is 7.37. The van der Waals surface area contributed by atoms with Crippen molar-refractivity contribution in [2.45, 2.75) is 46.1 Å². The van der Waals surface area contributed by atoms with Gasteiger partial charge in [-0.1, -0.05) is 31.5 Å². The van der Waals surface area contributed by atoms with Crippen LogP contribution in [0.2, 0.25) is 0 Å². The third-order valence-electron chi connectivity index (χ3n) is 5.33. The van der Waals surface area contributed by atoms with Crippen LogP contribution in [0.4, 0.5) is 0 Å². The van der Waals surface area contributed by atoms with Crippen molar-refractivity contribution in [1.82, 2.24) is 19.7 Å². The topological polar surface area (TPSA) is 51.0 Å². The molecule has 3 heterocycles. The Hall–Kier alpha value is -2.69. The Morgan fingerprint density at radius 3 is 2.81 bits per heavy atom. The first-order chi connectivity index (χ1) is 13.2. The van der Waals surface area contributed by atoms with Gasteiger partial charge in [-0.3, -0.25) is 9.48 Å². The summed E-state index contributed by atoms with van der Waals surface area (Å²) in [5, 5.41) is 5.40. The molecule has 0 unspecified atom stereocenters. The Balaban J connectivity index is 1.80. The number of carbonyl (C=O) groups excluding carboxylic acids is 1. The second-order valence-electron chi connectivity index (χ2n) is 7.37. The lowest BCUT2D eigenvalue weighted by Crippen LogP contribution is -2.28. The van der Waals surface area contributed by atoms with Gasteiger partial charge in [-0.2, -0.15) is 5.10 Å². The van der Waals surface area contributed by atoms with Crippen LogP contribution >= 0.6 is 0 Å². The number of aromatic nitrogens is 3. The van der Waals surface area contributed by atoms with Crippen molar-refractivity contribution < 1.29 is 4.79 Å². The van der Waals surface area contributed by atoms with Crippen LogP contribution in [0, 0.1) is 6.92 Å². The van der Waals surface area contributed by atoms with Crippen LogP contribution < -0.4 is 0 Å². The largest absolute Gasteiger partial charge is 0.339 e. The predicted molar refractivity (Wildman–Crippen MR) is 108 cm³/mol. The summed E-state index contributed by atoms with van der Waals surface area (Å²) in [5.74, 6) is 0.116. The Kier molecular flexibility index (Phi) is 4.92. The minimum atomic E-state index is 0.116. The summed E-state index contributed by atoms with van der Waals surface area (Å²) in [6.07, 6.45) is 8.30. The van der Waals surface area contributed by atoms with Crippen molar-refractivity contribution in [3.63, 3.8) is 0 Å². The van der Waals surface area contributed by atoms with Crippen LogP contribution in [0.5, 0.6) is 0 Å². The molecule has 1 aliphatic rings. The van der Waals surface area contributed by atoms with E-state index in [0.717, 1.165) is 78.6 Å². The zero-order chi connectivity index (χ0) is 18.8. The summed E-state index contributed by atoms with van der Waals surface area (Å²) < 4.78 is 1.96. The van der Waals surface area contributed by atoms with Gasteiger partial charge in [0.15, 0.2) is 0 Å². The molecule has 1 fully saturated rings. The minimum Gasteiger partial charge on any atom is -0.339 e. The average Bonchev–Trinajstić information content (AvgIpc) is 3.37. The van der Waals surface area contributed by atoms with Crippen molar-refractivity contribution in [3.05, 3.63) is 47.8 Å². The molecule has 1 amide bonds. The zero-order valence-electron chi connectivity index (χ0n) is 16.1. The van der Waals surface area contributed by atoms with Crippen LogP contribution in [0.1, 0.15) is 48.5 Å². The van der Waals surface area contributed by atoms with Gasteiger partial charge in [0.25, 0.3) is 5.91 Å². The summed E-state index contributed by atoms with van der Waals surface area (Å²) in [5.41, 5.74) is 4.53. The highest BCUT2D eigenvalue weighted by Gasteiger charge is 2.23. The van der Waals surface area contributed by atoms with E-state index >= 15 is 0 Å². The number of hydrogen-bond donors (Lipinski definition) is 0. The van der Waals surface area contributed by atoms with Gasteiger partial charge in [-0.25, -0.2) is 4.98 Å². The molecular formula is C22H26N4O. The molecule has 1 aromatic carbocycles. The molecule has 1 aliphatic heterocycles. The fraction of sp³-hybridized carbons (Fsp3) is 0.409. The van der Waals surface area contributed by atoms with Gasteiger partial charge in [-0.15, -0.1) is 0 Å². The zero-order valence-corrected chi connectivity index (χ0v) is 16.1. The highest BCUT2D eigenvalue weighted by atomic mass is 16.2. The van der Waals surface area contributed by atoms with E-state index in [1.807, 2.05) is 53.2 Å². The number of amides is 1. The highest BCUT2D eigenvalue weighted by Crippen LogP contribution is 2.28. The van der Waals surface area contributed by atoms with E-state index < -0.39 is 0 Å². The van der Waals surface area contributed by atoms with E-state index in [1.165, 1.54) is 0 Å². The molecule has 0 atom stereocenters. The maximum atomic E-state index is 13.2. The molecule has 5 heteroatoms. The first-order valence-corrected chi connectivity index (χ1v) is 9.90. The second kappa shape index (κ2) is 7.51. The number of benzene rings is 1. The summed E-state index contributed by atoms with van der Waals surface area (Å²) >= 11 is 0. The SMILES string of the molecule is CCCCn1cc(-c2cc(C(=O)N3CCCC3)c3cccc(C)c3n2)cn1. The lowest BCUT2D eigenvalue weighted by atomic mass is 10.0. The third-order valence-corrected chi connectivity index (χ3v) is 5.33. The number of para-hydroxylation sites is 1. The normalized spacial score (nSPS) is 14.2. The highest BCUT2D eigenvalue weighted by molar-refractivity contribution is 6.07. The Labute approximate surface area is 160 Å². The standard InChI is InChI=1S/C22H26N4O/c1-3-4-12-26-15-17(14-23-26)20-13-19(22(27)25-10-5-6-11-25)18-9-7-8-16(2)21(18)24-20/h7-9,13-15H,3-6,10-12H2,1-2H3. The molecular weight excluding hydrogens is 336 g/mol. The van der Waals surface area contributed by atoms with Crippen molar-refractivity contribution in [2.75, 3.05) is 13.1 Å². The molecule has 0 N–H and O–H groups in total. The monoisotopic (exact) mass is 362 g/mol. The van der Waals surface area contributed by atoms with Crippen LogP contribution in [0.25, 0.3) is 22.2 Å². The van der Waals surface area contributed by atoms with E-state index in [2.05, 4.69) is 12.0 Å². The number of pyridine rings is 1. The number of carbonyl (C=O) groups is 1. The number of unbranched alkanes of at least 4 members (excludes halogenated alkanes) is 1. The molecule has 0 radical (unpaired) electrons. The van der Waals surface area contributed by atoms with Crippen LogP contribution in [-0.4, -0.2) is 38.7 Å². The summed E-state index contributed by atoms with van der Waals surface area (Å²) in [6.45, 7) is 6.82. The van der Waals surface area contributed by atoms with Gasteiger partial charge >= 0.3 is 0 Å². The Bertz CT molecular complexity index is 970. The van der Waals surface area contributed by atoms with E-state index in [0.29, 0.717) is 0 Å². The average molecular weight is 362 g/mol. The summed E-state index contributed by atoms with van der Waals surface area (Å²) in [4.78, 5) is 20.0. The summed E-state index contributed by atoms with van der Waals surface area (Å²) in [7, 11) is 0. The summed E-state index contributed by atoms with van der Waals surface area (Å²) in [6, 6.07) is 8.01. The molecule has 0 aliphatic carbocycles. The van der Waals surface area contributed by atoms with Gasteiger partial charge < -0.3 is 4.90 Å². The number of nitrogens with zero attached hydrogens (tertiary/aromatic N) is 4. The molecule has 4 rings (SSSR count). The molecule has 0 saturated carbocycles. The molecule has 27 heavy (non-hydrogen) atoms. The van der Waals surface area contributed by atoms with Gasteiger partial charge in [-0.05, 0) is 37.8 Å². The molecule has 0 bridgehead atoms. The quantitative estimate of drug-likeness (QED) is 0.674. The number of hydrogen-bond acceptors (Lipinski definition) is 3. The van der Waals surface area contributed by atoms with Crippen molar-refractivity contribution in [3.8, 4) is 11.3 Å². The molecule has 140 valence electrons. The fourth-order valence-electron chi connectivity index (χ4n) is 3.75. The number of fused-ring (bicyclic) bond motifs is 1. The van der Waals surface area contributed by atoms with E-state index in [9.17, 15) is 4.79 Å². The van der Waals surface area contributed by atoms with Crippen LogP contribution in [-0.2, 0) is 6.54 Å². The number of likely N-dealkylation sites (tertiary alicyclic amines) is 1. The first kappa shape index (κ1) is 17.7. The van der Waals surface area contributed by atoms with E-state index in [-0.39, 0.29) is 5.91 Å². The number of rotatable bonds is 5. The lowest BCUT2D eigenvalue weighted by Gasteiger charge is -2.17. The van der Waals surface area contributed by atoms with Crippen LogP contribution in [0.3, 0.4) is 0 Å². The number of aryl methyl sites for hydroxylation is 2. The van der Waals surface area contributed by atoms with E-state index in [4.69, 9.17) is 4.98 Å². The maximum Gasteiger partial charge on any atom is 0.254 e. The Morgan fingerprint density at radius 1 is 1.22 bits per heavy atom.